The molecule has 0 saturated carbocycles. The van der Waals surface area contributed by atoms with E-state index in [2.05, 4.69) is 78.9 Å². The second kappa shape index (κ2) is 5.21. The van der Waals surface area contributed by atoms with Crippen molar-refractivity contribution in [1.82, 2.24) is 0 Å². The van der Waals surface area contributed by atoms with Gasteiger partial charge in [0.15, 0.2) is 0 Å². The third-order valence-electron chi connectivity index (χ3n) is 4.51. The molecule has 0 saturated heterocycles. The zero-order chi connectivity index (χ0) is 14.1. The molecule has 1 aliphatic carbocycles. The summed E-state index contributed by atoms with van der Waals surface area (Å²) in [5.41, 5.74) is 7.29. The molecular formula is C21H18. The van der Waals surface area contributed by atoms with E-state index in [0.29, 0.717) is 5.92 Å². The highest BCUT2D eigenvalue weighted by Gasteiger charge is 2.28. The molecule has 0 N–H and O–H groups in total. The zero-order valence-electron chi connectivity index (χ0n) is 12.0. The van der Waals surface area contributed by atoms with Crippen molar-refractivity contribution in [3.8, 4) is 11.1 Å². The maximum Gasteiger partial charge on any atom is -0.00778 e. The summed E-state index contributed by atoms with van der Waals surface area (Å²) >= 11 is 0. The summed E-state index contributed by atoms with van der Waals surface area (Å²) < 4.78 is 0. The standard InChI is InChI=1S/C21H18/c1-3-8-16(9-4-1)14-18-15-21-19(12-7-13-20(18)21)17-10-5-2-6-11-17/h1-13,18H,14-15H2. The maximum absolute atomic E-state index is 2.30. The lowest BCUT2D eigenvalue weighted by atomic mass is 9.71. The van der Waals surface area contributed by atoms with Gasteiger partial charge in [0.1, 0.15) is 0 Å². The number of benzene rings is 3. The van der Waals surface area contributed by atoms with Crippen LogP contribution in [0.5, 0.6) is 0 Å². The van der Waals surface area contributed by atoms with Crippen LogP contribution in [0.3, 0.4) is 0 Å². The minimum absolute atomic E-state index is 0.686. The van der Waals surface area contributed by atoms with Crippen molar-refractivity contribution >= 4 is 0 Å². The number of rotatable bonds is 3. The predicted molar refractivity (Wildman–Crippen MR) is 88.5 cm³/mol. The Labute approximate surface area is 126 Å². The molecule has 0 aliphatic heterocycles. The Kier molecular flexibility index (Phi) is 3.08. The van der Waals surface area contributed by atoms with E-state index >= 15 is 0 Å². The Bertz CT molecular complexity index is 742. The minimum Gasteiger partial charge on any atom is -0.0622 e. The van der Waals surface area contributed by atoms with Crippen molar-refractivity contribution in [3.63, 3.8) is 0 Å². The van der Waals surface area contributed by atoms with Crippen LogP contribution in [0.2, 0.25) is 0 Å². The van der Waals surface area contributed by atoms with Gasteiger partial charge in [0.05, 0.1) is 0 Å². The van der Waals surface area contributed by atoms with E-state index in [1.807, 2.05) is 0 Å². The van der Waals surface area contributed by atoms with Gasteiger partial charge >= 0.3 is 0 Å². The Hall–Kier alpha value is -2.34. The molecule has 1 unspecified atom stereocenters. The first-order chi connectivity index (χ1) is 10.4. The Morgan fingerprint density at radius 2 is 1.43 bits per heavy atom. The fourth-order valence-electron chi connectivity index (χ4n) is 3.41. The molecule has 1 atom stereocenters. The van der Waals surface area contributed by atoms with Crippen LogP contribution in [0.1, 0.15) is 22.6 Å². The van der Waals surface area contributed by atoms with Crippen LogP contribution in [0.15, 0.2) is 78.9 Å². The molecule has 0 nitrogen and oxygen atoms in total. The molecule has 1 aliphatic rings. The zero-order valence-corrected chi connectivity index (χ0v) is 12.0. The minimum atomic E-state index is 0.686. The molecule has 4 rings (SSSR count). The van der Waals surface area contributed by atoms with E-state index in [-0.39, 0.29) is 0 Å². The first kappa shape index (κ1) is 12.4. The highest BCUT2D eigenvalue weighted by Crippen LogP contribution is 2.42. The second-order valence-electron chi connectivity index (χ2n) is 5.83. The molecule has 3 aromatic carbocycles. The third kappa shape index (κ3) is 2.27. The maximum atomic E-state index is 2.30. The number of hydrogen-bond acceptors (Lipinski definition) is 0. The van der Waals surface area contributed by atoms with Crippen LogP contribution in [-0.2, 0) is 12.8 Å². The van der Waals surface area contributed by atoms with Gasteiger partial charge in [-0.25, -0.2) is 0 Å². The number of hydrogen-bond donors (Lipinski definition) is 0. The van der Waals surface area contributed by atoms with Crippen LogP contribution >= 0.6 is 0 Å². The first-order valence-electron chi connectivity index (χ1n) is 7.63. The van der Waals surface area contributed by atoms with Gasteiger partial charge < -0.3 is 0 Å². The van der Waals surface area contributed by atoms with Crippen LogP contribution < -0.4 is 0 Å². The Morgan fingerprint density at radius 3 is 2.19 bits per heavy atom. The summed E-state index contributed by atoms with van der Waals surface area (Å²) in [5, 5.41) is 0. The van der Waals surface area contributed by atoms with Crippen LogP contribution in [0, 0.1) is 0 Å². The van der Waals surface area contributed by atoms with Crippen molar-refractivity contribution in [1.29, 1.82) is 0 Å². The van der Waals surface area contributed by atoms with Crippen LogP contribution in [-0.4, -0.2) is 0 Å². The van der Waals surface area contributed by atoms with Crippen LogP contribution in [0.25, 0.3) is 11.1 Å². The fraction of sp³-hybridized carbons (Fsp3) is 0.143. The van der Waals surface area contributed by atoms with Gasteiger partial charge in [0.25, 0.3) is 0 Å². The van der Waals surface area contributed by atoms with E-state index in [9.17, 15) is 0 Å². The second-order valence-corrected chi connectivity index (χ2v) is 5.83. The van der Waals surface area contributed by atoms with Gasteiger partial charge in [-0.2, -0.15) is 0 Å². The van der Waals surface area contributed by atoms with Crippen LogP contribution in [0.4, 0.5) is 0 Å². The highest BCUT2D eigenvalue weighted by molar-refractivity contribution is 5.71. The summed E-state index contributed by atoms with van der Waals surface area (Å²) in [6.07, 6.45) is 2.36. The number of fused-ring (bicyclic) bond motifs is 1. The molecule has 0 amide bonds. The summed E-state index contributed by atoms with van der Waals surface area (Å²) in [7, 11) is 0. The van der Waals surface area contributed by atoms with Gasteiger partial charge in [-0.1, -0.05) is 78.9 Å². The largest absolute Gasteiger partial charge is 0.0622 e. The van der Waals surface area contributed by atoms with E-state index in [4.69, 9.17) is 0 Å². The molecular weight excluding hydrogens is 252 g/mol. The summed E-state index contributed by atoms with van der Waals surface area (Å²) in [6, 6.07) is 28.3. The lowest BCUT2D eigenvalue weighted by Crippen LogP contribution is -2.20. The molecule has 0 radical (unpaired) electrons. The molecule has 102 valence electrons. The van der Waals surface area contributed by atoms with Gasteiger partial charge in [0.2, 0.25) is 0 Å². The molecule has 0 bridgehead atoms. The van der Waals surface area contributed by atoms with Gasteiger partial charge in [-0.05, 0) is 46.6 Å². The van der Waals surface area contributed by atoms with Gasteiger partial charge in [-0.15, -0.1) is 0 Å². The van der Waals surface area contributed by atoms with E-state index in [0.717, 1.165) is 6.42 Å². The summed E-state index contributed by atoms with van der Waals surface area (Å²) in [6.45, 7) is 0. The molecule has 3 aromatic rings. The van der Waals surface area contributed by atoms with E-state index in [1.54, 1.807) is 11.1 Å². The Morgan fingerprint density at radius 1 is 0.714 bits per heavy atom. The van der Waals surface area contributed by atoms with Crippen molar-refractivity contribution in [2.45, 2.75) is 18.8 Å². The summed E-state index contributed by atoms with van der Waals surface area (Å²) in [4.78, 5) is 0. The average molecular weight is 270 g/mol. The smallest absolute Gasteiger partial charge is 0.00778 e. The summed E-state index contributed by atoms with van der Waals surface area (Å²) in [5.74, 6) is 0.686. The molecule has 0 aromatic heterocycles. The first-order valence-corrected chi connectivity index (χ1v) is 7.63. The van der Waals surface area contributed by atoms with Crippen molar-refractivity contribution in [3.05, 3.63) is 95.6 Å². The third-order valence-corrected chi connectivity index (χ3v) is 4.51. The fourth-order valence-corrected chi connectivity index (χ4v) is 3.41. The van der Waals surface area contributed by atoms with Gasteiger partial charge in [-0.3, -0.25) is 0 Å². The molecule has 0 fully saturated rings. The quantitative estimate of drug-likeness (QED) is 0.611. The predicted octanol–water partition coefficient (Wildman–Crippen LogP) is 5.24. The topological polar surface area (TPSA) is 0 Å². The normalized spacial score (nSPS) is 16.1. The average Bonchev–Trinajstić information content (AvgIpc) is 2.54. The van der Waals surface area contributed by atoms with Crippen molar-refractivity contribution in [2.24, 2.45) is 0 Å². The molecule has 0 spiro atoms. The highest BCUT2D eigenvalue weighted by atomic mass is 14.3. The van der Waals surface area contributed by atoms with Crippen molar-refractivity contribution < 1.29 is 0 Å². The lowest BCUT2D eigenvalue weighted by molar-refractivity contribution is 0.606. The van der Waals surface area contributed by atoms with Gasteiger partial charge in [0, 0.05) is 0 Å². The molecule has 21 heavy (non-hydrogen) atoms. The van der Waals surface area contributed by atoms with E-state index < -0.39 is 0 Å². The molecule has 0 heterocycles. The van der Waals surface area contributed by atoms with Crippen molar-refractivity contribution in [2.75, 3.05) is 0 Å². The SMILES string of the molecule is c1ccc(CC2Cc3c(-c4ccccc4)cccc32)cc1. The monoisotopic (exact) mass is 270 g/mol. The lowest BCUT2D eigenvalue weighted by Gasteiger charge is -2.32. The van der Waals surface area contributed by atoms with E-state index in [1.165, 1.54) is 23.1 Å². The molecule has 0 heteroatoms. The Balaban J connectivity index is 1.63.